The summed E-state index contributed by atoms with van der Waals surface area (Å²) in [6.45, 7) is 1.67. The molecule has 0 fully saturated rings. The molecule has 0 unspecified atom stereocenters. The number of nitriles is 1. The van der Waals surface area contributed by atoms with Crippen molar-refractivity contribution in [2.75, 3.05) is 0 Å². The Bertz CT molecular complexity index is 532. The van der Waals surface area contributed by atoms with Crippen LogP contribution in [0.4, 0.5) is 13.2 Å². The predicted octanol–water partition coefficient (Wildman–Crippen LogP) is 2.65. The van der Waals surface area contributed by atoms with Gasteiger partial charge in [0.25, 0.3) is 0 Å². The highest BCUT2D eigenvalue weighted by molar-refractivity contribution is 5.72. The minimum Gasteiger partial charge on any atom is -0.481 e. The van der Waals surface area contributed by atoms with Gasteiger partial charge in [-0.2, -0.15) is 5.26 Å². The zero-order chi connectivity index (χ0) is 14.6. The number of alkyl halides is 3. The highest BCUT2D eigenvalue weighted by Crippen LogP contribution is 2.32. The van der Waals surface area contributed by atoms with E-state index in [1.165, 1.54) is 12.1 Å². The number of benzene rings is 1. The Morgan fingerprint density at radius 3 is 2.42 bits per heavy atom. The third-order valence-corrected chi connectivity index (χ3v) is 2.38. The Hall–Kier alpha value is -2.23. The summed E-state index contributed by atoms with van der Waals surface area (Å²) in [6, 6.07) is 4.30. The molecule has 0 aromatic heterocycles. The molecule has 0 atom stereocenters. The predicted molar refractivity (Wildman–Crippen MR) is 58.6 cm³/mol. The SMILES string of the molecule is CCc1ccc(CC(=O)O)c(OC(F)(F)F)c1C#N. The Balaban J connectivity index is 3.40. The zero-order valence-corrected chi connectivity index (χ0v) is 9.91. The number of carboxylic acid groups (broad SMARTS) is 1. The van der Waals surface area contributed by atoms with Crippen LogP contribution in [0.25, 0.3) is 0 Å². The first-order valence-corrected chi connectivity index (χ1v) is 5.30. The van der Waals surface area contributed by atoms with Gasteiger partial charge in [0.2, 0.25) is 0 Å². The van der Waals surface area contributed by atoms with E-state index in [-0.39, 0.29) is 11.1 Å². The van der Waals surface area contributed by atoms with Crippen LogP contribution in [0.1, 0.15) is 23.6 Å². The van der Waals surface area contributed by atoms with Gasteiger partial charge in [-0.15, -0.1) is 13.2 Å². The van der Waals surface area contributed by atoms with Crippen LogP contribution in [0.5, 0.6) is 5.75 Å². The third-order valence-electron chi connectivity index (χ3n) is 2.38. The van der Waals surface area contributed by atoms with Crippen molar-refractivity contribution in [1.82, 2.24) is 0 Å². The fourth-order valence-electron chi connectivity index (χ4n) is 1.62. The summed E-state index contributed by atoms with van der Waals surface area (Å²) in [7, 11) is 0. The summed E-state index contributed by atoms with van der Waals surface area (Å²) >= 11 is 0. The molecular weight excluding hydrogens is 263 g/mol. The van der Waals surface area contributed by atoms with Gasteiger partial charge in [-0.1, -0.05) is 19.1 Å². The molecule has 0 radical (unpaired) electrons. The molecule has 1 N–H and O–H groups in total. The summed E-state index contributed by atoms with van der Waals surface area (Å²) < 4.78 is 40.8. The first-order valence-electron chi connectivity index (χ1n) is 5.30. The summed E-state index contributed by atoms with van der Waals surface area (Å²) in [5.41, 5.74) is -0.0898. The molecule has 0 heterocycles. The van der Waals surface area contributed by atoms with Crippen molar-refractivity contribution in [2.45, 2.75) is 26.1 Å². The van der Waals surface area contributed by atoms with Gasteiger partial charge in [0.15, 0.2) is 5.75 Å². The molecule has 1 aromatic rings. The van der Waals surface area contributed by atoms with E-state index in [0.717, 1.165) is 0 Å². The normalized spacial score (nSPS) is 10.9. The molecule has 4 nitrogen and oxygen atoms in total. The van der Waals surface area contributed by atoms with Gasteiger partial charge in [0, 0.05) is 5.56 Å². The fraction of sp³-hybridized carbons (Fsp3) is 0.333. The molecule has 0 bridgehead atoms. The molecule has 0 saturated carbocycles. The van der Waals surface area contributed by atoms with Gasteiger partial charge < -0.3 is 9.84 Å². The molecule has 0 aliphatic heterocycles. The maximum absolute atomic E-state index is 12.3. The van der Waals surface area contributed by atoms with Gasteiger partial charge >= 0.3 is 12.3 Å². The molecule has 1 aromatic carbocycles. The lowest BCUT2D eigenvalue weighted by molar-refractivity contribution is -0.275. The summed E-state index contributed by atoms with van der Waals surface area (Å²) in [6.07, 6.45) is -5.29. The van der Waals surface area contributed by atoms with Crippen LogP contribution in [0.2, 0.25) is 0 Å². The van der Waals surface area contributed by atoms with Gasteiger partial charge in [-0.25, -0.2) is 0 Å². The van der Waals surface area contributed by atoms with E-state index in [2.05, 4.69) is 4.74 Å². The fourth-order valence-corrected chi connectivity index (χ4v) is 1.62. The van der Waals surface area contributed by atoms with E-state index < -0.39 is 24.5 Å². The summed E-state index contributed by atoms with van der Waals surface area (Å²) in [5, 5.41) is 17.6. The van der Waals surface area contributed by atoms with Crippen LogP contribution in [0.15, 0.2) is 12.1 Å². The average Bonchev–Trinajstić information content (AvgIpc) is 2.28. The van der Waals surface area contributed by atoms with Gasteiger partial charge in [-0.05, 0) is 12.0 Å². The maximum atomic E-state index is 12.3. The second-order valence-corrected chi connectivity index (χ2v) is 3.67. The minimum absolute atomic E-state index is 0.182. The number of hydrogen-bond donors (Lipinski definition) is 1. The van der Waals surface area contributed by atoms with Crippen LogP contribution >= 0.6 is 0 Å². The van der Waals surface area contributed by atoms with Crippen molar-refractivity contribution in [3.8, 4) is 11.8 Å². The van der Waals surface area contributed by atoms with Crippen molar-refractivity contribution in [3.63, 3.8) is 0 Å². The molecule has 19 heavy (non-hydrogen) atoms. The van der Waals surface area contributed by atoms with Crippen molar-refractivity contribution < 1.29 is 27.8 Å². The first kappa shape index (κ1) is 14.8. The molecular formula is C12H10F3NO3. The molecule has 0 spiro atoms. The lowest BCUT2D eigenvalue weighted by Crippen LogP contribution is -2.20. The minimum atomic E-state index is -4.98. The first-order chi connectivity index (χ1) is 8.78. The van der Waals surface area contributed by atoms with Crippen LogP contribution in [-0.2, 0) is 17.6 Å². The van der Waals surface area contributed by atoms with Crippen molar-refractivity contribution >= 4 is 5.97 Å². The van der Waals surface area contributed by atoms with Crippen molar-refractivity contribution in [3.05, 3.63) is 28.8 Å². The Kier molecular flexibility index (Phi) is 4.38. The maximum Gasteiger partial charge on any atom is 0.573 e. The van der Waals surface area contributed by atoms with Crippen molar-refractivity contribution in [2.24, 2.45) is 0 Å². The number of carboxylic acids is 1. The van der Waals surface area contributed by atoms with E-state index in [9.17, 15) is 18.0 Å². The Morgan fingerprint density at radius 1 is 1.42 bits per heavy atom. The lowest BCUT2D eigenvalue weighted by atomic mass is 9.99. The van der Waals surface area contributed by atoms with E-state index in [4.69, 9.17) is 10.4 Å². The highest BCUT2D eigenvalue weighted by atomic mass is 19.4. The van der Waals surface area contributed by atoms with Crippen LogP contribution in [0, 0.1) is 11.3 Å². The molecule has 0 aliphatic rings. The molecule has 0 amide bonds. The molecule has 0 saturated heterocycles. The van der Waals surface area contributed by atoms with Gasteiger partial charge in [0.1, 0.15) is 6.07 Å². The quantitative estimate of drug-likeness (QED) is 0.915. The number of carbonyl (C=O) groups is 1. The van der Waals surface area contributed by atoms with Crippen LogP contribution in [0.3, 0.4) is 0 Å². The molecule has 1 rings (SSSR count). The molecule has 0 aliphatic carbocycles. The topological polar surface area (TPSA) is 70.3 Å². The Labute approximate surface area is 107 Å². The van der Waals surface area contributed by atoms with E-state index in [0.29, 0.717) is 12.0 Å². The second kappa shape index (κ2) is 5.61. The number of nitrogens with zero attached hydrogens (tertiary/aromatic N) is 1. The average molecular weight is 273 g/mol. The Morgan fingerprint density at radius 2 is 2.00 bits per heavy atom. The smallest absolute Gasteiger partial charge is 0.481 e. The number of ether oxygens (including phenoxy) is 1. The third kappa shape index (κ3) is 3.88. The van der Waals surface area contributed by atoms with E-state index in [1.807, 2.05) is 0 Å². The number of aryl methyl sites for hydroxylation is 1. The standard InChI is InChI=1S/C12H10F3NO3/c1-2-7-3-4-8(5-10(17)18)11(9(7)6-16)19-12(13,14)15/h3-4H,2,5H2,1H3,(H,17,18). The van der Waals surface area contributed by atoms with Crippen molar-refractivity contribution in [1.29, 1.82) is 5.26 Å². The van der Waals surface area contributed by atoms with E-state index in [1.54, 1.807) is 13.0 Å². The highest BCUT2D eigenvalue weighted by Gasteiger charge is 2.34. The number of aliphatic carboxylic acids is 1. The molecule has 102 valence electrons. The lowest BCUT2D eigenvalue weighted by Gasteiger charge is -2.15. The summed E-state index contributed by atoms with van der Waals surface area (Å²) in [5.74, 6) is -2.03. The van der Waals surface area contributed by atoms with Crippen LogP contribution in [-0.4, -0.2) is 17.4 Å². The van der Waals surface area contributed by atoms with Crippen LogP contribution < -0.4 is 4.74 Å². The number of rotatable bonds is 4. The second-order valence-electron chi connectivity index (χ2n) is 3.67. The zero-order valence-electron chi connectivity index (χ0n) is 9.91. The number of halogens is 3. The molecule has 7 heteroatoms. The van der Waals surface area contributed by atoms with E-state index >= 15 is 0 Å². The summed E-state index contributed by atoms with van der Waals surface area (Å²) in [4.78, 5) is 10.6. The number of hydrogen-bond acceptors (Lipinski definition) is 3. The largest absolute Gasteiger partial charge is 0.573 e. The van der Waals surface area contributed by atoms with Gasteiger partial charge in [0.05, 0.1) is 12.0 Å². The monoisotopic (exact) mass is 273 g/mol. The van der Waals surface area contributed by atoms with Gasteiger partial charge in [-0.3, -0.25) is 4.79 Å².